The van der Waals surface area contributed by atoms with Crippen molar-refractivity contribution in [3.05, 3.63) is 72.7 Å². The third-order valence-electron chi connectivity index (χ3n) is 7.54. The van der Waals surface area contributed by atoms with Crippen LogP contribution in [0.15, 0.2) is 66.9 Å². The molecule has 2 N–H and O–H groups in total. The van der Waals surface area contributed by atoms with Gasteiger partial charge in [-0.05, 0) is 41.8 Å². The fraction of sp³-hybridized carbons (Fsp3) is 0.226. The molecule has 1 fully saturated rings. The number of hydrogen-bond acceptors (Lipinski definition) is 8. The maximum atomic E-state index is 15.1. The minimum absolute atomic E-state index is 0.0323. The van der Waals surface area contributed by atoms with Gasteiger partial charge in [-0.25, -0.2) is 9.37 Å². The summed E-state index contributed by atoms with van der Waals surface area (Å²) in [5.41, 5.74) is 1.07. The number of rotatable bonds is 8. The first-order valence-corrected chi connectivity index (χ1v) is 14.0. The Morgan fingerprint density at radius 3 is 2.29 bits per heavy atom. The van der Waals surface area contributed by atoms with Crippen LogP contribution in [-0.2, 0) is 9.59 Å². The highest BCUT2D eigenvalue weighted by molar-refractivity contribution is 7.22. The number of benzene rings is 3. The first-order chi connectivity index (χ1) is 20.2. The molecule has 0 aliphatic heterocycles. The lowest BCUT2D eigenvalue weighted by Crippen LogP contribution is -2.20. The van der Waals surface area contributed by atoms with Crippen LogP contribution in [0.5, 0.6) is 23.0 Å². The number of carbonyl (C=O) groups is 2. The molecule has 11 heteroatoms. The summed E-state index contributed by atoms with van der Waals surface area (Å²) in [4.78, 5) is 35.0. The SMILES string of the molecule is COc1cc2nccc(Oc3ccc(NC(=O)[C@H]4[C@@H](C(=O)Nc5nc6ccccc6s5)C4(C)C)cc3F)c2cc1OC. The van der Waals surface area contributed by atoms with Gasteiger partial charge in [-0.2, -0.15) is 0 Å². The summed E-state index contributed by atoms with van der Waals surface area (Å²) < 4.78 is 32.7. The van der Waals surface area contributed by atoms with Crippen LogP contribution < -0.4 is 24.8 Å². The Balaban J connectivity index is 1.15. The molecule has 0 saturated heterocycles. The Hall–Kier alpha value is -4.77. The molecule has 6 rings (SSSR count). The third kappa shape index (κ3) is 4.96. The largest absolute Gasteiger partial charge is 0.493 e. The molecule has 2 amide bonds. The van der Waals surface area contributed by atoms with Crippen molar-refractivity contribution in [1.29, 1.82) is 0 Å². The van der Waals surface area contributed by atoms with E-state index in [1.165, 1.54) is 37.7 Å². The molecule has 9 nitrogen and oxygen atoms in total. The fourth-order valence-corrected chi connectivity index (χ4v) is 6.13. The summed E-state index contributed by atoms with van der Waals surface area (Å²) in [6.45, 7) is 3.72. The van der Waals surface area contributed by atoms with Crippen molar-refractivity contribution < 1.29 is 28.2 Å². The summed E-state index contributed by atoms with van der Waals surface area (Å²) in [7, 11) is 3.05. The van der Waals surface area contributed by atoms with E-state index in [9.17, 15) is 9.59 Å². The van der Waals surface area contributed by atoms with Gasteiger partial charge in [0.2, 0.25) is 11.8 Å². The smallest absolute Gasteiger partial charge is 0.230 e. The maximum absolute atomic E-state index is 15.1. The van der Waals surface area contributed by atoms with Crippen LogP contribution in [0.3, 0.4) is 0 Å². The predicted octanol–water partition coefficient (Wildman–Crippen LogP) is 6.64. The second-order valence-corrected chi connectivity index (χ2v) is 11.6. The van der Waals surface area contributed by atoms with Crippen LogP contribution in [-0.4, -0.2) is 36.0 Å². The molecular weight excluding hydrogens is 559 g/mol. The molecule has 1 aliphatic rings. The van der Waals surface area contributed by atoms with Crippen molar-refractivity contribution in [2.75, 3.05) is 24.9 Å². The highest BCUT2D eigenvalue weighted by Crippen LogP contribution is 2.59. The molecule has 0 spiro atoms. The summed E-state index contributed by atoms with van der Waals surface area (Å²) in [5, 5.41) is 6.70. The van der Waals surface area contributed by atoms with Gasteiger partial charge in [0.25, 0.3) is 0 Å². The van der Waals surface area contributed by atoms with Crippen molar-refractivity contribution in [2.45, 2.75) is 13.8 Å². The van der Waals surface area contributed by atoms with Gasteiger partial charge in [-0.15, -0.1) is 0 Å². The van der Waals surface area contributed by atoms with E-state index in [-0.39, 0.29) is 23.3 Å². The molecule has 3 aromatic carbocycles. The Bertz CT molecular complexity index is 1820. The molecule has 214 valence electrons. The maximum Gasteiger partial charge on any atom is 0.230 e. The summed E-state index contributed by atoms with van der Waals surface area (Å²) >= 11 is 1.38. The molecule has 1 aliphatic carbocycles. The molecule has 5 aromatic rings. The third-order valence-corrected chi connectivity index (χ3v) is 8.49. The zero-order valence-corrected chi connectivity index (χ0v) is 24.0. The van der Waals surface area contributed by atoms with Gasteiger partial charge < -0.3 is 24.8 Å². The quantitative estimate of drug-likeness (QED) is 0.210. The first kappa shape index (κ1) is 27.4. The molecule has 0 radical (unpaired) electrons. The zero-order chi connectivity index (χ0) is 29.6. The number of fused-ring (bicyclic) bond motifs is 2. The van der Waals surface area contributed by atoms with Crippen molar-refractivity contribution >= 4 is 55.1 Å². The lowest BCUT2D eigenvalue weighted by Gasteiger charge is -2.13. The number of pyridine rings is 1. The number of halogens is 1. The van der Waals surface area contributed by atoms with Crippen LogP contribution in [0.1, 0.15) is 13.8 Å². The van der Waals surface area contributed by atoms with E-state index in [4.69, 9.17) is 14.2 Å². The standard InChI is InChI=1S/C31H27FN4O5S/c1-31(2)26(27(31)29(38)36-30-35-19-7-5-6-8-25(19)42-30)28(37)34-16-9-10-22(18(32)13-16)41-21-11-12-33-20-15-24(40-4)23(39-3)14-17(20)21/h5-15,26-27H,1-4H3,(H,34,37)(H,35,36,38)/t26-,27+/m1/s1. The van der Waals surface area contributed by atoms with Gasteiger partial charge in [-0.3, -0.25) is 14.6 Å². The minimum Gasteiger partial charge on any atom is -0.493 e. The molecule has 2 aromatic heterocycles. The van der Waals surface area contributed by atoms with Crippen LogP contribution >= 0.6 is 11.3 Å². The number of nitrogens with zero attached hydrogens (tertiary/aromatic N) is 2. The number of thiazole rings is 1. The van der Waals surface area contributed by atoms with Gasteiger partial charge >= 0.3 is 0 Å². The number of ether oxygens (including phenoxy) is 3. The number of anilines is 2. The van der Waals surface area contributed by atoms with Gasteiger partial charge in [0.05, 0.1) is 41.8 Å². The van der Waals surface area contributed by atoms with E-state index in [1.807, 2.05) is 38.1 Å². The molecule has 1 saturated carbocycles. The molecule has 0 bridgehead atoms. The summed E-state index contributed by atoms with van der Waals surface area (Å²) in [6.07, 6.45) is 1.55. The molecular formula is C31H27FN4O5S. The predicted molar refractivity (Wildman–Crippen MR) is 159 cm³/mol. The number of methoxy groups -OCH3 is 2. The number of amides is 2. The van der Waals surface area contributed by atoms with E-state index in [0.29, 0.717) is 33.3 Å². The highest BCUT2D eigenvalue weighted by Gasteiger charge is 2.65. The lowest BCUT2D eigenvalue weighted by atomic mass is 10.1. The van der Waals surface area contributed by atoms with Crippen LogP contribution in [0, 0.1) is 23.1 Å². The monoisotopic (exact) mass is 586 g/mol. The average molecular weight is 587 g/mol. The van der Waals surface area contributed by atoms with Gasteiger partial charge in [0.1, 0.15) is 5.75 Å². The minimum atomic E-state index is -0.668. The summed E-state index contributed by atoms with van der Waals surface area (Å²) in [5.74, 6) is -1.10. The topological polar surface area (TPSA) is 112 Å². The Morgan fingerprint density at radius 2 is 1.57 bits per heavy atom. The first-order valence-electron chi connectivity index (χ1n) is 13.1. The van der Waals surface area contributed by atoms with E-state index < -0.39 is 23.1 Å². The second-order valence-electron chi connectivity index (χ2n) is 10.5. The van der Waals surface area contributed by atoms with Gasteiger partial charge in [0.15, 0.2) is 28.2 Å². The van der Waals surface area contributed by atoms with E-state index in [1.54, 1.807) is 30.5 Å². The van der Waals surface area contributed by atoms with Crippen molar-refractivity contribution in [3.8, 4) is 23.0 Å². The van der Waals surface area contributed by atoms with Crippen molar-refractivity contribution in [3.63, 3.8) is 0 Å². The van der Waals surface area contributed by atoms with E-state index in [2.05, 4.69) is 20.6 Å². The lowest BCUT2D eigenvalue weighted by molar-refractivity contribution is -0.122. The van der Waals surface area contributed by atoms with Gasteiger partial charge in [0, 0.05) is 29.4 Å². The Morgan fingerprint density at radius 1 is 0.857 bits per heavy atom. The van der Waals surface area contributed by atoms with E-state index in [0.717, 1.165) is 10.2 Å². The zero-order valence-electron chi connectivity index (χ0n) is 23.2. The van der Waals surface area contributed by atoms with Crippen molar-refractivity contribution in [1.82, 2.24) is 9.97 Å². The van der Waals surface area contributed by atoms with E-state index >= 15 is 4.39 Å². The van der Waals surface area contributed by atoms with Crippen molar-refractivity contribution in [2.24, 2.45) is 17.3 Å². The number of aromatic nitrogens is 2. The second kappa shape index (κ2) is 10.6. The Labute approximate surface area is 244 Å². The van der Waals surface area contributed by atoms with Crippen LogP contribution in [0.2, 0.25) is 0 Å². The highest BCUT2D eigenvalue weighted by atomic mass is 32.1. The Kier molecular flexibility index (Phi) is 6.90. The average Bonchev–Trinajstić information content (AvgIpc) is 3.33. The van der Waals surface area contributed by atoms with Crippen LogP contribution in [0.25, 0.3) is 21.1 Å². The number of hydrogen-bond donors (Lipinski definition) is 2. The molecule has 2 atom stereocenters. The number of para-hydroxylation sites is 1. The van der Waals surface area contributed by atoms with Crippen LogP contribution in [0.4, 0.5) is 15.2 Å². The fourth-order valence-electron chi connectivity index (χ4n) is 5.26. The number of nitrogens with one attached hydrogen (secondary N) is 2. The normalized spacial score (nSPS) is 17.1. The van der Waals surface area contributed by atoms with Gasteiger partial charge in [-0.1, -0.05) is 37.3 Å². The molecule has 2 heterocycles. The number of carbonyl (C=O) groups excluding carboxylic acids is 2. The summed E-state index contributed by atoms with van der Waals surface area (Å²) in [6, 6.07) is 16.8. The molecule has 42 heavy (non-hydrogen) atoms. The molecule has 0 unspecified atom stereocenters.